The van der Waals surface area contributed by atoms with E-state index in [1.54, 1.807) is 0 Å². The van der Waals surface area contributed by atoms with Gasteiger partial charge >= 0.3 is 0 Å². The molecule has 2 N–H and O–H groups in total. The second kappa shape index (κ2) is 3.69. The molecule has 1 rings (SSSR count). The van der Waals surface area contributed by atoms with Crippen LogP contribution in [-0.4, -0.2) is 23.5 Å². The fourth-order valence-electron chi connectivity index (χ4n) is 0.784. The molecule has 0 spiro atoms. The first-order valence-electron chi connectivity index (χ1n) is 3.60. The van der Waals surface area contributed by atoms with E-state index in [2.05, 4.69) is 23.9 Å². The molecule has 0 saturated carbocycles. The molecule has 0 fully saturated rings. The van der Waals surface area contributed by atoms with Gasteiger partial charge in [-0.2, -0.15) is 0 Å². The molecule has 0 unspecified atom stereocenters. The number of anilines is 1. The largest absolute Gasteiger partial charge is 0.375 e. The van der Waals surface area contributed by atoms with Gasteiger partial charge in [0.15, 0.2) is 5.13 Å². The molecule has 4 heteroatoms. The van der Waals surface area contributed by atoms with Gasteiger partial charge in [-0.3, -0.25) is 0 Å². The van der Waals surface area contributed by atoms with Crippen LogP contribution in [0.3, 0.4) is 0 Å². The van der Waals surface area contributed by atoms with E-state index in [9.17, 15) is 0 Å². The van der Waals surface area contributed by atoms with Crippen molar-refractivity contribution in [3.05, 3.63) is 11.1 Å². The van der Waals surface area contributed by atoms with Gasteiger partial charge in [0.2, 0.25) is 0 Å². The van der Waals surface area contributed by atoms with Crippen molar-refractivity contribution in [1.82, 2.24) is 9.88 Å². The van der Waals surface area contributed by atoms with E-state index < -0.39 is 0 Å². The van der Waals surface area contributed by atoms with Crippen LogP contribution in [-0.2, 0) is 6.54 Å². The first-order valence-corrected chi connectivity index (χ1v) is 4.48. The van der Waals surface area contributed by atoms with Gasteiger partial charge in [0.1, 0.15) is 0 Å². The Labute approximate surface area is 70.9 Å². The lowest BCUT2D eigenvalue weighted by molar-refractivity contribution is 0.342. The maximum absolute atomic E-state index is 5.48. The van der Waals surface area contributed by atoms with Crippen LogP contribution in [0.4, 0.5) is 5.13 Å². The summed E-state index contributed by atoms with van der Waals surface area (Å²) in [6, 6.07) is 0. The summed E-state index contributed by atoms with van der Waals surface area (Å²) in [5, 5.41) is 2.66. The molecular weight excluding hydrogens is 158 g/mol. The zero-order valence-electron chi connectivity index (χ0n) is 6.87. The first-order chi connectivity index (χ1) is 5.22. The molecule has 3 nitrogen and oxygen atoms in total. The number of rotatable bonds is 3. The summed E-state index contributed by atoms with van der Waals surface area (Å²) in [6.45, 7) is 4.05. The Balaban J connectivity index is 2.50. The van der Waals surface area contributed by atoms with E-state index in [4.69, 9.17) is 5.73 Å². The van der Waals surface area contributed by atoms with E-state index in [0.717, 1.165) is 18.8 Å². The highest BCUT2D eigenvalue weighted by Crippen LogP contribution is 2.11. The third-order valence-corrected chi connectivity index (χ3v) is 2.26. The molecule has 0 aliphatic carbocycles. The molecule has 1 heterocycles. The number of nitrogen functional groups attached to an aromatic ring is 1. The van der Waals surface area contributed by atoms with Crippen LogP contribution in [0.25, 0.3) is 0 Å². The molecule has 0 aliphatic heterocycles. The Hall–Kier alpha value is -0.610. The third kappa shape index (κ3) is 2.48. The second-order valence-electron chi connectivity index (χ2n) is 2.51. The molecule has 1 aromatic rings. The van der Waals surface area contributed by atoms with Gasteiger partial charge in [0.25, 0.3) is 0 Å². The monoisotopic (exact) mass is 171 g/mol. The number of nitrogens with zero attached hydrogens (tertiary/aromatic N) is 2. The molecule has 0 saturated heterocycles. The first kappa shape index (κ1) is 8.49. The van der Waals surface area contributed by atoms with E-state index in [0.29, 0.717) is 5.13 Å². The Kier molecular flexibility index (Phi) is 2.84. The van der Waals surface area contributed by atoms with E-state index in [1.807, 2.05) is 5.38 Å². The predicted molar refractivity (Wildman–Crippen MR) is 48.5 cm³/mol. The standard InChI is InChI=1S/C7H13N3S/c1-3-10(2)4-6-5-11-7(8)9-6/h5H,3-4H2,1-2H3,(H2,8,9). The number of hydrogen-bond acceptors (Lipinski definition) is 4. The minimum atomic E-state index is 0.657. The van der Waals surface area contributed by atoms with Gasteiger partial charge in [-0.15, -0.1) is 11.3 Å². The smallest absolute Gasteiger partial charge is 0.180 e. The highest BCUT2D eigenvalue weighted by atomic mass is 32.1. The molecule has 1 aromatic heterocycles. The molecule has 0 bridgehead atoms. The lowest BCUT2D eigenvalue weighted by atomic mass is 10.4. The van der Waals surface area contributed by atoms with Gasteiger partial charge in [0.05, 0.1) is 5.69 Å². The van der Waals surface area contributed by atoms with Gasteiger partial charge in [-0.1, -0.05) is 6.92 Å². The highest BCUT2D eigenvalue weighted by Gasteiger charge is 2.00. The lowest BCUT2D eigenvalue weighted by Gasteiger charge is -2.10. The molecular formula is C7H13N3S. The van der Waals surface area contributed by atoms with Crippen molar-refractivity contribution in [3.63, 3.8) is 0 Å². The van der Waals surface area contributed by atoms with Gasteiger partial charge < -0.3 is 10.6 Å². The Morgan fingerprint density at radius 3 is 2.91 bits per heavy atom. The topological polar surface area (TPSA) is 42.1 Å². The Bertz CT molecular complexity index is 221. The van der Waals surface area contributed by atoms with Gasteiger partial charge in [0, 0.05) is 11.9 Å². The summed E-state index contributed by atoms with van der Waals surface area (Å²) in [5.74, 6) is 0. The molecule has 0 atom stereocenters. The minimum Gasteiger partial charge on any atom is -0.375 e. The average molecular weight is 171 g/mol. The Morgan fingerprint density at radius 2 is 2.45 bits per heavy atom. The summed E-state index contributed by atoms with van der Waals surface area (Å²) in [6.07, 6.45) is 0. The molecule has 0 aromatic carbocycles. The van der Waals surface area contributed by atoms with Crippen molar-refractivity contribution in [3.8, 4) is 0 Å². The van der Waals surface area contributed by atoms with Crippen LogP contribution in [0, 0.1) is 0 Å². The van der Waals surface area contributed by atoms with E-state index in [1.165, 1.54) is 11.3 Å². The summed E-state index contributed by atoms with van der Waals surface area (Å²) < 4.78 is 0. The van der Waals surface area contributed by atoms with Gasteiger partial charge in [-0.05, 0) is 13.6 Å². The summed E-state index contributed by atoms with van der Waals surface area (Å²) >= 11 is 1.50. The molecule has 11 heavy (non-hydrogen) atoms. The summed E-state index contributed by atoms with van der Waals surface area (Å²) in [5.41, 5.74) is 6.55. The fraction of sp³-hybridized carbons (Fsp3) is 0.571. The van der Waals surface area contributed by atoms with Crippen LogP contribution in [0.2, 0.25) is 0 Å². The van der Waals surface area contributed by atoms with Crippen molar-refractivity contribution >= 4 is 16.5 Å². The zero-order valence-corrected chi connectivity index (χ0v) is 7.69. The van der Waals surface area contributed by atoms with E-state index in [-0.39, 0.29) is 0 Å². The summed E-state index contributed by atoms with van der Waals surface area (Å²) in [4.78, 5) is 6.34. The highest BCUT2D eigenvalue weighted by molar-refractivity contribution is 7.13. The fourth-order valence-corrected chi connectivity index (χ4v) is 1.34. The average Bonchev–Trinajstić information content (AvgIpc) is 2.35. The quantitative estimate of drug-likeness (QED) is 0.742. The van der Waals surface area contributed by atoms with Crippen LogP contribution >= 0.6 is 11.3 Å². The number of aromatic nitrogens is 1. The van der Waals surface area contributed by atoms with Crippen LogP contribution in [0.15, 0.2) is 5.38 Å². The maximum Gasteiger partial charge on any atom is 0.180 e. The SMILES string of the molecule is CCN(C)Cc1csc(N)n1. The predicted octanol–water partition coefficient (Wildman–Crippen LogP) is 1.18. The van der Waals surface area contributed by atoms with Crippen molar-refractivity contribution in [2.75, 3.05) is 19.3 Å². The van der Waals surface area contributed by atoms with Crippen molar-refractivity contribution < 1.29 is 0 Å². The summed E-state index contributed by atoms with van der Waals surface area (Å²) in [7, 11) is 2.07. The number of hydrogen-bond donors (Lipinski definition) is 1. The minimum absolute atomic E-state index is 0.657. The maximum atomic E-state index is 5.48. The number of nitrogens with two attached hydrogens (primary N) is 1. The van der Waals surface area contributed by atoms with Crippen molar-refractivity contribution in [1.29, 1.82) is 0 Å². The second-order valence-corrected chi connectivity index (χ2v) is 3.40. The molecule has 0 amide bonds. The normalized spacial score (nSPS) is 10.8. The van der Waals surface area contributed by atoms with Crippen molar-refractivity contribution in [2.24, 2.45) is 0 Å². The number of thiazole rings is 1. The molecule has 62 valence electrons. The zero-order chi connectivity index (χ0) is 8.27. The van der Waals surface area contributed by atoms with Crippen LogP contribution in [0.1, 0.15) is 12.6 Å². The molecule has 0 aliphatic rings. The lowest BCUT2D eigenvalue weighted by Crippen LogP contribution is -2.16. The van der Waals surface area contributed by atoms with Crippen LogP contribution < -0.4 is 5.73 Å². The Morgan fingerprint density at radius 1 is 1.73 bits per heavy atom. The third-order valence-electron chi connectivity index (χ3n) is 1.54. The van der Waals surface area contributed by atoms with E-state index >= 15 is 0 Å². The van der Waals surface area contributed by atoms with Crippen LogP contribution in [0.5, 0.6) is 0 Å². The van der Waals surface area contributed by atoms with Gasteiger partial charge in [-0.25, -0.2) is 4.98 Å². The molecule has 0 radical (unpaired) electrons. The van der Waals surface area contributed by atoms with Crippen molar-refractivity contribution in [2.45, 2.75) is 13.5 Å².